The molecule has 0 fully saturated rings. The second-order valence-corrected chi connectivity index (χ2v) is 12.3. The molecule has 0 aliphatic rings. The van der Waals surface area contributed by atoms with Crippen LogP contribution in [0.5, 0.6) is 5.75 Å². The molecule has 17 N–H and O–H groups in total. The van der Waals surface area contributed by atoms with Gasteiger partial charge in [0.15, 0.2) is 0 Å². The van der Waals surface area contributed by atoms with Crippen LogP contribution in [0.1, 0.15) is 39.7 Å². The van der Waals surface area contributed by atoms with E-state index in [-0.39, 0.29) is 12.2 Å². The highest BCUT2D eigenvalue weighted by Crippen LogP contribution is 2.12. The van der Waals surface area contributed by atoms with E-state index >= 15 is 0 Å². The standard InChI is InChI=1S/C31H49N9O13/c1-12(32)26(48)37-20(11-41)29(51)39-24(15(4)44)31(53)40-23(14(3)43)30(52)36-19(10-21(33)46)27(49)35-18(9-16-5-7-17(45)8-6-16)28(50)38-22(13(2)42)25(34)47/h5-8,12-15,18-20,22-24,41-45H,9-11,32H2,1-4H3,(H2,33,46)(H2,34,47)(H,35,49)(H,36,52)(H,37,48)(H,38,50)(H,39,51)(H,40,53)/t12-,13+,14+,15+,18-,19-,20-,22-,23-,24-/m0/s1. The van der Waals surface area contributed by atoms with Crippen molar-refractivity contribution in [3.05, 3.63) is 29.8 Å². The Morgan fingerprint density at radius 3 is 1.42 bits per heavy atom. The number of benzene rings is 1. The smallest absolute Gasteiger partial charge is 0.245 e. The number of nitrogens with two attached hydrogens (primary N) is 3. The highest BCUT2D eigenvalue weighted by molar-refractivity contribution is 5.98. The second-order valence-electron chi connectivity index (χ2n) is 12.3. The first-order valence-corrected chi connectivity index (χ1v) is 16.2. The van der Waals surface area contributed by atoms with Crippen LogP contribution in [0.4, 0.5) is 0 Å². The quantitative estimate of drug-likeness (QED) is 0.0555. The van der Waals surface area contributed by atoms with Gasteiger partial charge in [0.2, 0.25) is 47.3 Å². The fourth-order valence-corrected chi connectivity index (χ4v) is 4.51. The van der Waals surface area contributed by atoms with E-state index in [0.717, 1.165) is 13.8 Å². The number of aliphatic hydroxyl groups is 4. The number of carbonyl (C=O) groups is 8. The van der Waals surface area contributed by atoms with Gasteiger partial charge < -0.3 is 74.6 Å². The molecule has 0 heterocycles. The van der Waals surface area contributed by atoms with Crippen molar-refractivity contribution in [1.29, 1.82) is 0 Å². The number of aliphatic hydroxyl groups excluding tert-OH is 4. The third-order valence-corrected chi connectivity index (χ3v) is 7.49. The molecule has 53 heavy (non-hydrogen) atoms. The Hall–Kier alpha value is -5.42. The average molecular weight is 756 g/mol. The fraction of sp³-hybridized carbons (Fsp3) is 0.548. The van der Waals surface area contributed by atoms with E-state index in [0.29, 0.717) is 5.56 Å². The monoisotopic (exact) mass is 755 g/mol. The van der Waals surface area contributed by atoms with Crippen LogP contribution in [0.25, 0.3) is 0 Å². The van der Waals surface area contributed by atoms with Crippen molar-refractivity contribution in [1.82, 2.24) is 31.9 Å². The van der Waals surface area contributed by atoms with Gasteiger partial charge >= 0.3 is 0 Å². The van der Waals surface area contributed by atoms with Crippen LogP contribution in [-0.4, -0.2) is 140 Å². The molecule has 0 aromatic heterocycles. The lowest BCUT2D eigenvalue weighted by molar-refractivity contribution is -0.139. The molecular weight excluding hydrogens is 706 g/mol. The molecule has 22 heteroatoms. The van der Waals surface area contributed by atoms with Crippen molar-refractivity contribution >= 4 is 47.3 Å². The zero-order chi connectivity index (χ0) is 40.7. The summed E-state index contributed by atoms with van der Waals surface area (Å²) < 4.78 is 0. The summed E-state index contributed by atoms with van der Waals surface area (Å²) in [4.78, 5) is 102. The number of hydrogen-bond acceptors (Lipinski definition) is 14. The van der Waals surface area contributed by atoms with E-state index in [1.54, 1.807) is 0 Å². The van der Waals surface area contributed by atoms with Crippen molar-refractivity contribution in [2.75, 3.05) is 6.61 Å². The Bertz CT molecular complexity index is 1470. The predicted octanol–water partition coefficient (Wildman–Crippen LogP) is -7.31. The first kappa shape index (κ1) is 45.6. The maximum Gasteiger partial charge on any atom is 0.245 e. The molecule has 1 rings (SSSR count). The minimum atomic E-state index is -1.91. The van der Waals surface area contributed by atoms with Gasteiger partial charge in [0.25, 0.3) is 0 Å². The Kier molecular flexibility index (Phi) is 18.2. The minimum absolute atomic E-state index is 0.118. The number of nitrogens with one attached hydrogen (secondary N) is 6. The predicted molar refractivity (Wildman–Crippen MR) is 182 cm³/mol. The number of rotatable bonds is 21. The molecule has 22 nitrogen and oxygen atoms in total. The maximum atomic E-state index is 13.5. The highest BCUT2D eigenvalue weighted by Gasteiger charge is 2.36. The maximum absolute atomic E-state index is 13.5. The van der Waals surface area contributed by atoms with Crippen molar-refractivity contribution in [3.63, 3.8) is 0 Å². The normalized spacial score (nSPS) is 16.7. The molecule has 296 valence electrons. The van der Waals surface area contributed by atoms with Gasteiger partial charge in [-0.3, -0.25) is 38.4 Å². The van der Waals surface area contributed by atoms with Crippen LogP contribution in [-0.2, 0) is 44.8 Å². The average Bonchev–Trinajstić information content (AvgIpc) is 3.06. The molecule has 0 unspecified atom stereocenters. The number of carbonyl (C=O) groups excluding carboxylic acids is 8. The number of hydrogen-bond donors (Lipinski definition) is 14. The van der Waals surface area contributed by atoms with E-state index in [1.165, 1.54) is 38.1 Å². The Balaban J connectivity index is 3.30. The summed E-state index contributed by atoms with van der Waals surface area (Å²) in [5.41, 5.74) is 16.4. The fourth-order valence-electron chi connectivity index (χ4n) is 4.51. The van der Waals surface area contributed by atoms with Crippen molar-refractivity contribution in [3.8, 4) is 5.75 Å². The van der Waals surface area contributed by atoms with Gasteiger partial charge in [-0.15, -0.1) is 0 Å². The van der Waals surface area contributed by atoms with E-state index in [4.69, 9.17) is 17.2 Å². The van der Waals surface area contributed by atoms with Gasteiger partial charge in [-0.25, -0.2) is 0 Å². The molecule has 0 bridgehead atoms. The molecule has 1 aromatic rings. The molecule has 8 amide bonds. The van der Waals surface area contributed by atoms with E-state index in [2.05, 4.69) is 31.9 Å². The second kappa shape index (κ2) is 21.2. The minimum Gasteiger partial charge on any atom is -0.508 e. The number of aromatic hydroxyl groups is 1. The third-order valence-electron chi connectivity index (χ3n) is 7.49. The molecule has 0 aliphatic carbocycles. The Morgan fingerprint density at radius 1 is 0.585 bits per heavy atom. The zero-order valence-electron chi connectivity index (χ0n) is 29.4. The lowest BCUT2D eigenvalue weighted by Gasteiger charge is -2.29. The number of phenolic OH excluding ortho intramolecular Hbond substituents is 1. The topological polar surface area (TPSA) is 388 Å². The van der Waals surface area contributed by atoms with Gasteiger partial charge in [0.05, 0.1) is 37.4 Å². The molecule has 0 aliphatic heterocycles. The molecular formula is C31H49N9O13. The van der Waals surface area contributed by atoms with Crippen LogP contribution >= 0.6 is 0 Å². The van der Waals surface area contributed by atoms with Gasteiger partial charge in [0, 0.05) is 6.42 Å². The van der Waals surface area contributed by atoms with Gasteiger partial charge in [-0.2, -0.15) is 0 Å². The van der Waals surface area contributed by atoms with Crippen LogP contribution in [0.15, 0.2) is 24.3 Å². The van der Waals surface area contributed by atoms with Crippen molar-refractivity contribution < 1.29 is 63.9 Å². The summed E-state index contributed by atoms with van der Waals surface area (Å²) in [6.07, 6.45) is -5.96. The Morgan fingerprint density at radius 2 is 0.981 bits per heavy atom. The van der Waals surface area contributed by atoms with Crippen LogP contribution in [0, 0.1) is 0 Å². The SMILES string of the molecule is C[C@H](N)C(=O)N[C@@H](CO)C(=O)N[C@H](C(=O)N[C@H](C(=O)N[C@@H](CC(N)=O)C(=O)N[C@@H](Cc1ccc(O)cc1)C(=O)N[C@H](C(N)=O)[C@@H](C)O)[C@@H](C)O)[C@@H](C)O. The molecule has 0 spiro atoms. The van der Waals surface area contributed by atoms with E-state index < -0.39 is 121 Å². The molecule has 10 atom stereocenters. The summed E-state index contributed by atoms with van der Waals surface area (Å²) in [6.45, 7) is 3.70. The van der Waals surface area contributed by atoms with Crippen LogP contribution < -0.4 is 49.1 Å². The van der Waals surface area contributed by atoms with Gasteiger partial charge in [0.1, 0.15) is 42.0 Å². The molecule has 0 saturated carbocycles. The highest BCUT2D eigenvalue weighted by atomic mass is 16.3. The first-order valence-electron chi connectivity index (χ1n) is 16.2. The zero-order valence-corrected chi connectivity index (χ0v) is 29.4. The summed E-state index contributed by atoms with van der Waals surface area (Å²) in [5.74, 6) is -9.01. The largest absolute Gasteiger partial charge is 0.508 e. The summed E-state index contributed by atoms with van der Waals surface area (Å²) >= 11 is 0. The summed E-state index contributed by atoms with van der Waals surface area (Å²) in [6, 6.07) is -6.00. The Labute approximate surface area is 303 Å². The summed E-state index contributed by atoms with van der Waals surface area (Å²) in [7, 11) is 0. The number of primary amides is 2. The summed E-state index contributed by atoms with van der Waals surface area (Å²) in [5, 5.41) is 62.7. The molecule has 0 radical (unpaired) electrons. The number of amides is 8. The van der Waals surface area contributed by atoms with E-state index in [9.17, 15) is 63.9 Å². The third kappa shape index (κ3) is 15.0. The van der Waals surface area contributed by atoms with E-state index in [1.807, 2.05) is 0 Å². The van der Waals surface area contributed by atoms with Crippen LogP contribution in [0.3, 0.4) is 0 Å². The van der Waals surface area contributed by atoms with Gasteiger partial charge in [-0.1, -0.05) is 12.1 Å². The van der Waals surface area contributed by atoms with Crippen LogP contribution in [0.2, 0.25) is 0 Å². The van der Waals surface area contributed by atoms with Crippen molar-refractivity contribution in [2.24, 2.45) is 17.2 Å². The van der Waals surface area contributed by atoms with Crippen molar-refractivity contribution in [2.45, 2.75) is 101 Å². The first-order chi connectivity index (χ1) is 24.6. The lowest BCUT2D eigenvalue weighted by Crippen LogP contribution is -2.63. The molecule has 0 saturated heterocycles. The molecule has 1 aromatic carbocycles. The van der Waals surface area contributed by atoms with Gasteiger partial charge in [-0.05, 0) is 45.4 Å². The lowest BCUT2D eigenvalue weighted by atomic mass is 10.0. The number of phenols is 1.